The minimum absolute atomic E-state index is 0.0223. The molecule has 2 aromatic heterocycles. The summed E-state index contributed by atoms with van der Waals surface area (Å²) in [4.78, 5) is 28.6. The molecule has 0 saturated carbocycles. The summed E-state index contributed by atoms with van der Waals surface area (Å²) in [6, 6.07) is 8.17. The molecular formula is C20H14Cl2N2O4. The molecule has 8 heteroatoms. The zero-order valence-electron chi connectivity index (χ0n) is 14.4. The third-order valence-electron chi connectivity index (χ3n) is 4.81. The van der Waals surface area contributed by atoms with Crippen LogP contribution >= 0.6 is 23.2 Å². The molecule has 1 aliphatic heterocycles. The SMILES string of the molecule is C=C1C(=O)OCC1C(O)c1cn(C(=O)c2cccnc2Cl)c2ccc(Cl)cc12. The van der Waals surface area contributed by atoms with E-state index in [0.717, 1.165) is 0 Å². The smallest absolute Gasteiger partial charge is 0.333 e. The van der Waals surface area contributed by atoms with Gasteiger partial charge in [0.15, 0.2) is 0 Å². The van der Waals surface area contributed by atoms with Crippen LogP contribution in [0.4, 0.5) is 0 Å². The molecule has 3 heterocycles. The number of cyclic esters (lactones) is 1. The Labute approximate surface area is 170 Å². The van der Waals surface area contributed by atoms with E-state index in [9.17, 15) is 14.7 Å². The standard InChI is InChI=1S/C20H14Cl2N2O4/c1-10-15(9-28-20(10)27)17(25)14-8-24(16-5-4-11(21)7-13(14)16)19(26)12-3-2-6-23-18(12)22/h2-8,15,17,25H,1,9H2. The third-order valence-corrected chi connectivity index (χ3v) is 5.35. The molecular weight excluding hydrogens is 403 g/mol. The molecule has 0 amide bonds. The molecule has 28 heavy (non-hydrogen) atoms. The molecule has 4 rings (SSSR count). The highest BCUT2D eigenvalue weighted by Crippen LogP contribution is 2.37. The second-order valence-corrected chi connectivity index (χ2v) is 7.23. The van der Waals surface area contributed by atoms with Crippen molar-refractivity contribution in [3.63, 3.8) is 0 Å². The van der Waals surface area contributed by atoms with Gasteiger partial charge in [0.2, 0.25) is 0 Å². The van der Waals surface area contributed by atoms with Gasteiger partial charge in [0.25, 0.3) is 5.91 Å². The average Bonchev–Trinajstić information content (AvgIpc) is 3.21. The summed E-state index contributed by atoms with van der Waals surface area (Å²) < 4.78 is 6.35. The molecule has 142 valence electrons. The van der Waals surface area contributed by atoms with Crippen LogP contribution in [0.2, 0.25) is 10.2 Å². The number of ether oxygens (including phenoxy) is 1. The van der Waals surface area contributed by atoms with Gasteiger partial charge in [-0.1, -0.05) is 29.8 Å². The summed E-state index contributed by atoms with van der Waals surface area (Å²) in [6.45, 7) is 3.72. The number of aromatic nitrogens is 2. The van der Waals surface area contributed by atoms with Gasteiger partial charge in [0.1, 0.15) is 11.8 Å². The number of rotatable bonds is 3. The highest BCUT2D eigenvalue weighted by atomic mass is 35.5. The molecule has 0 aliphatic carbocycles. The maximum absolute atomic E-state index is 13.1. The molecule has 0 spiro atoms. The summed E-state index contributed by atoms with van der Waals surface area (Å²) in [5, 5.41) is 12.0. The number of carbonyl (C=O) groups is 2. The van der Waals surface area contributed by atoms with Gasteiger partial charge in [0, 0.05) is 33.9 Å². The van der Waals surface area contributed by atoms with Gasteiger partial charge in [-0.25, -0.2) is 9.78 Å². The van der Waals surface area contributed by atoms with Crippen molar-refractivity contribution in [3.8, 4) is 0 Å². The molecule has 1 aliphatic rings. The van der Waals surface area contributed by atoms with Crippen molar-refractivity contribution in [1.29, 1.82) is 0 Å². The fraction of sp³-hybridized carbons (Fsp3) is 0.150. The van der Waals surface area contributed by atoms with Crippen LogP contribution < -0.4 is 0 Å². The van der Waals surface area contributed by atoms with Crippen LogP contribution in [0.15, 0.2) is 54.9 Å². The summed E-state index contributed by atoms with van der Waals surface area (Å²) >= 11 is 12.2. The molecule has 2 atom stereocenters. The third kappa shape index (κ3) is 2.99. The Kier molecular flexibility index (Phi) is 4.71. The number of esters is 1. The van der Waals surface area contributed by atoms with Crippen molar-refractivity contribution in [3.05, 3.63) is 76.2 Å². The molecule has 0 bridgehead atoms. The van der Waals surface area contributed by atoms with E-state index in [1.165, 1.54) is 17.0 Å². The second kappa shape index (κ2) is 7.05. The van der Waals surface area contributed by atoms with E-state index in [2.05, 4.69) is 11.6 Å². The van der Waals surface area contributed by atoms with Gasteiger partial charge in [-0.2, -0.15) is 0 Å². The molecule has 2 unspecified atom stereocenters. The van der Waals surface area contributed by atoms with Gasteiger partial charge in [-0.15, -0.1) is 0 Å². The van der Waals surface area contributed by atoms with Crippen LogP contribution in [0.3, 0.4) is 0 Å². The van der Waals surface area contributed by atoms with E-state index < -0.39 is 23.9 Å². The number of aliphatic hydroxyl groups is 1. The van der Waals surface area contributed by atoms with Crippen LogP contribution in [0.1, 0.15) is 22.0 Å². The Bertz CT molecular complexity index is 1140. The minimum Gasteiger partial charge on any atom is -0.462 e. The Morgan fingerprint density at radius 2 is 2.14 bits per heavy atom. The van der Waals surface area contributed by atoms with Gasteiger partial charge in [0.05, 0.1) is 23.1 Å². The van der Waals surface area contributed by atoms with Gasteiger partial charge < -0.3 is 9.84 Å². The fourth-order valence-corrected chi connectivity index (χ4v) is 3.69. The number of aliphatic hydroxyl groups excluding tert-OH is 1. The molecule has 3 aromatic rings. The van der Waals surface area contributed by atoms with E-state index in [1.807, 2.05) is 0 Å². The Morgan fingerprint density at radius 1 is 1.36 bits per heavy atom. The second-order valence-electron chi connectivity index (χ2n) is 6.44. The molecule has 1 fully saturated rings. The number of nitrogens with zero attached hydrogens (tertiary/aromatic N) is 2. The predicted octanol–water partition coefficient (Wildman–Crippen LogP) is 3.79. The van der Waals surface area contributed by atoms with Crippen LogP contribution in [-0.2, 0) is 9.53 Å². The number of pyridine rings is 1. The van der Waals surface area contributed by atoms with Crippen molar-refractivity contribution in [1.82, 2.24) is 9.55 Å². The van der Waals surface area contributed by atoms with Crippen molar-refractivity contribution in [2.24, 2.45) is 5.92 Å². The zero-order valence-corrected chi connectivity index (χ0v) is 15.9. The summed E-state index contributed by atoms with van der Waals surface area (Å²) in [7, 11) is 0. The number of fused-ring (bicyclic) bond motifs is 1. The normalized spacial score (nSPS) is 17.8. The number of carbonyl (C=O) groups excluding carboxylic acids is 2. The lowest BCUT2D eigenvalue weighted by Crippen LogP contribution is -2.15. The maximum Gasteiger partial charge on any atom is 0.333 e. The summed E-state index contributed by atoms with van der Waals surface area (Å²) in [5.74, 6) is -1.55. The summed E-state index contributed by atoms with van der Waals surface area (Å²) in [5.41, 5.74) is 1.40. The van der Waals surface area contributed by atoms with Gasteiger partial charge in [-0.3, -0.25) is 9.36 Å². The molecule has 6 nitrogen and oxygen atoms in total. The van der Waals surface area contributed by atoms with Crippen molar-refractivity contribution < 1.29 is 19.4 Å². The fourth-order valence-electron chi connectivity index (χ4n) is 3.32. The largest absolute Gasteiger partial charge is 0.462 e. The Hall–Kier alpha value is -2.67. The number of halogens is 2. The number of hydrogen-bond acceptors (Lipinski definition) is 5. The lowest BCUT2D eigenvalue weighted by atomic mass is 9.92. The van der Waals surface area contributed by atoms with E-state index in [0.29, 0.717) is 21.5 Å². The molecule has 1 aromatic carbocycles. The zero-order chi connectivity index (χ0) is 20.0. The van der Waals surface area contributed by atoms with Crippen LogP contribution in [0.5, 0.6) is 0 Å². The highest BCUT2D eigenvalue weighted by Gasteiger charge is 2.36. The number of benzene rings is 1. The van der Waals surface area contributed by atoms with Gasteiger partial charge in [-0.05, 0) is 30.3 Å². The topological polar surface area (TPSA) is 81.4 Å². The highest BCUT2D eigenvalue weighted by molar-refractivity contribution is 6.33. The first kappa shape index (κ1) is 18.7. The first-order valence-corrected chi connectivity index (χ1v) is 9.13. The Morgan fingerprint density at radius 3 is 2.82 bits per heavy atom. The van der Waals surface area contributed by atoms with Crippen molar-refractivity contribution >= 4 is 46.0 Å². The number of hydrogen-bond donors (Lipinski definition) is 1. The van der Waals surface area contributed by atoms with E-state index in [1.54, 1.807) is 30.3 Å². The Balaban J connectivity index is 1.86. The molecule has 1 N–H and O–H groups in total. The quantitative estimate of drug-likeness (QED) is 0.399. The first-order chi connectivity index (χ1) is 13.4. The lowest BCUT2D eigenvalue weighted by molar-refractivity contribution is -0.135. The van der Waals surface area contributed by atoms with Crippen LogP contribution in [0, 0.1) is 5.92 Å². The average molecular weight is 417 g/mol. The minimum atomic E-state index is -1.10. The van der Waals surface area contributed by atoms with E-state index in [4.69, 9.17) is 27.9 Å². The summed E-state index contributed by atoms with van der Waals surface area (Å²) in [6.07, 6.45) is 1.91. The molecule has 1 saturated heterocycles. The predicted molar refractivity (Wildman–Crippen MR) is 104 cm³/mol. The lowest BCUT2D eigenvalue weighted by Gasteiger charge is -2.15. The van der Waals surface area contributed by atoms with E-state index in [-0.39, 0.29) is 22.9 Å². The van der Waals surface area contributed by atoms with Crippen molar-refractivity contribution in [2.45, 2.75) is 6.10 Å². The monoisotopic (exact) mass is 416 g/mol. The van der Waals surface area contributed by atoms with E-state index >= 15 is 0 Å². The van der Waals surface area contributed by atoms with Crippen LogP contribution in [0.25, 0.3) is 10.9 Å². The first-order valence-electron chi connectivity index (χ1n) is 8.38. The maximum atomic E-state index is 13.1. The van der Waals surface area contributed by atoms with Crippen LogP contribution in [-0.4, -0.2) is 33.1 Å². The van der Waals surface area contributed by atoms with Crippen molar-refractivity contribution in [2.75, 3.05) is 6.61 Å². The van der Waals surface area contributed by atoms with Gasteiger partial charge >= 0.3 is 5.97 Å². The molecule has 0 radical (unpaired) electrons.